The van der Waals surface area contributed by atoms with Crippen molar-refractivity contribution in [2.45, 2.75) is 46.1 Å². The van der Waals surface area contributed by atoms with Crippen molar-refractivity contribution in [3.05, 3.63) is 53.5 Å². The largest absolute Gasteiger partial charge is 0.465 e. The summed E-state index contributed by atoms with van der Waals surface area (Å²) in [7, 11) is 0. The van der Waals surface area contributed by atoms with E-state index in [0.717, 1.165) is 17.2 Å². The first kappa shape index (κ1) is 17.3. The zero-order valence-electron chi connectivity index (χ0n) is 14.6. The van der Waals surface area contributed by atoms with Crippen molar-refractivity contribution in [1.82, 2.24) is 5.32 Å². The topological polar surface area (TPSA) is 54.3 Å². The van der Waals surface area contributed by atoms with Crippen molar-refractivity contribution in [3.8, 4) is 0 Å². The van der Waals surface area contributed by atoms with Crippen molar-refractivity contribution in [3.63, 3.8) is 0 Å². The number of amides is 1. The Morgan fingerprint density at radius 2 is 1.78 bits per heavy atom. The highest BCUT2D eigenvalue weighted by molar-refractivity contribution is 5.92. The summed E-state index contributed by atoms with van der Waals surface area (Å²) < 4.78 is 5.55. The maximum atomic E-state index is 12.0. The van der Waals surface area contributed by atoms with Crippen molar-refractivity contribution in [2.75, 3.05) is 11.9 Å². The molecule has 0 aliphatic heterocycles. The molecular formula is C19H26N2O2. The Kier molecular flexibility index (Phi) is 5.26. The molecule has 0 saturated heterocycles. The van der Waals surface area contributed by atoms with Crippen LogP contribution in [-0.2, 0) is 10.2 Å². The molecule has 23 heavy (non-hydrogen) atoms. The zero-order valence-corrected chi connectivity index (χ0v) is 14.6. The Balaban J connectivity index is 1.85. The number of anilines is 1. The molecule has 0 aliphatic rings. The Morgan fingerprint density at radius 1 is 1.13 bits per heavy atom. The second-order valence-electron chi connectivity index (χ2n) is 6.93. The maximum absolute atomic E-state index is 12.0. The molecule has 0 radical (unpaired) electrons. The summed E-state index contributed by atoms with van der Waals surface area (Å²) in [5.74, 6) is 1.64. The van der Waals surface area contributed by atoms with Crippen LogP contribution in [0.1, 0.15) is 50.8 Å². The molecule has 4 nitrogen and oxygen atoms in total. The summed E-state index contributed by atoms with van der Waals surface area (Å²) in [6, 6.07) is 11.8. The molecule has 0 bridgehead atoms. The lowest BCUT2D eigenvalue weighted by molar-refractivity contribution is -0.115. The highest BCUT2D eigenvalue weighted by Gasteiger charge is 2.14. The summed E-state index contributed by atoms with van der Waals surface area (Å²) in [5, 5.41) is 6.06. The standard InChI is InChI=1S/C19H26N2O2/c1-13-6-11-17(23-13)14(2)20-12-18(22)21-16-9-7-15(8-10-16)19(3,4)5/h6-11,14,20H,12H2,1-5H3,(H,21,22). The molecule has 124 valence electrons. The van der Waals surface area contributed by atoms with Crippen LogP contribution in [0.25, 0.3) is 0 Å². The minimum atomic E-state index is -0.0661. The Bertz CT molecular complexity index is 651. The molecule has 1 atom stereocenters. The second kappa shape index (κ2) is 7.01. The molecule has 2 aromatic rings. The Labute approximate surface area is 138 Å². The Morgan fingerprint density at radius 3 is 2.30 bits per heavy atom. The van der Waals surface area contributed by atoms with Gasteiger partial charge in [0.2, 0.25) is 5.91 Å². The summed E-state index contributed by atoms with van der Waals surface area (Å²) in [5.41, 5.74) is 2.17. The van der Waals surface area contributed by atoms with Gasteiger partial charge < -0.3 is 9.73 Å². The lowest BCUT2D eigenvalue weighted by Gasteiger charge is -2.19. The molecule has 1 unspecified atom stereocenters. The van der Waals surface area contributed by atoms with Gasteiger partial charge in [-0.15, -0.1) is 0 Å². The number of hydrogen-bond donors (Lipinski definition) is 2. The molecule has 2 N–H and O–H groups in total. The second-order valence-corrected chi connectivity index (χ2v) is 6.93. The minimum Gasteiger partial charge on any atom is -0.465 e. The number of hydrogen-bond acceptors (Lipinski definition) is 3. The average Bonchev–Trinajstić information content (AvgIpc) is 2.91. The molecule has 0 aliphatic carbocycles. The first-order valence-electron chi connectivity index (χ1n) is 7.96. The molecule has 0 fully saturated rings. The normalized spacial score (nSPS) is 12.9. The van der Waals surface area contributed by atoms with E-state index in [-0.39, 0.29) is 23.9 Å². The summed E-state index contributed by atoms with van der Waals surface area (Å²) in [4.78, 5) is 12.0. The quantitative estimate of drug-likeness (QED) is 0.870. The first-order chi connectivity index (χ1) is 10.8. The molecule has 4 heteroatoms. The van der Waals surface area contributed by atoms with Crippen LogP contribution in [0.15, 0.2) is 40.8 Å². The van der Waals surface area contributed by atoms with E-state index in [9.17, 15) is 4.79 Å². The molecule has 1 aromatic heterocycles. The van der Waals surface area contributed by atoms with Gasteiger partial charge in [0, 0.05) is 5.69 Å². The summed E-state index contributed by atoms with van der Waals surface area (Å²) >= 11 is 0. The van der Waals surface area contributed by atoms with Gasteiger partial charge in [0.05, 0.1) is 12.6 Å². The van der Waals surface area contributed by atoms with Crippen LogP contribution in [0.5, 0.6) is 0 Å². The van der Waals surface area contributed by atoms with Crippen LogP contribution in [0.3, 0.4) is 0 Å². The van der Waals surface area contributed by atoms with Crippen LogP contribution in [0.2, 0.25) is 0 Å². The van der Waals surface area contributed by atoms with Gasteiger partial charge in [-0.1, -0.05) is 32.9 Å². The number of carbonyl (C=O) groups is 1. The number of aryl methyl sites for hydroxylation is 1. The molecule has 1 heterocycles. The van der Waals surface area contributed by atoms with E-state index < -0.39 is 0 Å². The number of rotatable bonds is 5. The van der Waals surface area contributed by atoms with Gasteiger partial charge in [0.15, 0.2) is 0 Å². The number of nitrogens with one attached hydrogen (secondary N) is 2. The number of furan rings is 1. The van der Waals surface area contributed by atoms with Crippen LogP contribution in [0.4, 0.5) is 5.69 Å². The third-order valence-corrected chi connectivity index (χ3v) is 3.79. The monoisotopic (exact) mass is 314 g/mol. The summed E-state index contributed by atoms with van der Waals surface area (Å²) in [6.07, 6.45) is 0. The Hall–Kier alpha value is -2.07. The van der Waals surface area contributed by atoms with Crippen molar-refractivity contribution < 1.29 is 9.21 Å². The van der Waals surface area contributed by atoms with E-state index in [1.165, 1.54) is 5.56 Å². The maximum Gasteiger partial charge on any atom is 0.238 e. The van der Waals surface area contributed by atoms with Gasteiger partial charge in [0.25, 0.3) is 0 Å². The van der Waals surface area contributed by atoms with E-state index in [4.69, 9.17) is 4.42 Å². The van der Waals surface area contributed by atoms with E-state index >= 15 is 0 Å². The number of carbonyl (C=O) groups excluding carboxylic acids is 1. The van der Waals surface area contributed by atoms with Crippen LogP contribution >= 0.6 is 0 Å². The van der Waals surface area contributed by atoms with Crippen LogP contribution in [-0.4, -0.2) is 12.5 Å². The fraction of sp³-hybridized carbons (Fsp3) is 0.421. The third kappa shape index (κ3) is 4.96. The van der Waals surface area contributed by atoms with E-state index in [2.05, 4.69) is 43.5 Å². The van der Waals surface area contributed by atoms with Crippen molar-refractivity contribution >= 4 is 11.6 Å². The van der Waals surface area contributed by atoms with Gasteiger partial charge in [-0.05, 0) is 49.1 Å². The predicted octanol–water partition coefficient (Wildman–Crippen LogP) is 4.17. The lowest BCUT2D eigenvalue weighted by atomic mass is 9.87. The van der Waals surface area contributed by atoms with Crippen LogP contribution in [0, 0.1) is 6.92 Å². The SMILES string of the molecule is Cc1ccc(C(C)NCC(=O)Nc2ccc(C(C)(C)C)cc2)o1. The van der Waals surface area contributed by atoms with E-state index in [1.807, 2.05) is 38.1 Å². The fourth-order valence-corrected chi connectivity index (χ4v) is 2.29. The summed E-state index contributed by atoms with van der Waals surface area (Å²) in [6.45, 7) is 10.6. The molecule has 2 rings (SSSR count). The van der Waals surface area contributed by atoms with Gasteiger partial charge in [0.1, 0.15) is 11.5 Å². The zero-order chi connectivity index (χ0) is 17.0. The number of benzene rings is 1. The van der Waals surface area contributed by atoms with E-state index in [1.54, 1.807) is 0 Å². The van der Waals surface area contributed by atoms with Gasteiger partial charge in [-0.3, -0.25) is 10.1 Å². The van der Waals surface area contributed by atoms with Crippen molar-refractivity contribution in [2.24, 2.45) is 0 Å². The minimum absolute atomic E-state index is 0.00211. The average molecular weight is 314 g/mol. The first-order valence-corrected chi connectivity index (χ1v) is 7.96. The third-order valence-electron chi connectivity index (χ3n) is 3.79. The fourth-order valence-electron chi connectivity index (χ4n) is 2.29. The van der Waals surface area contributed by atoms with Crippen LogP contribution < -0.4 is 10.6 Å². The molecule has 1 amide bonds. The molecule has 1 aromatic carbocycles. The van der Waals surface area contributed by atoms with Gasteiger partial charge >= 0.3 is 0 Å². The highest BCUT2D eigenvalue weighted by Crippen LogP contribution is 2.23. The highest BCUT2D eigenvalue weighted by atomic mass is 16.3. The molecule has 0 saturated carbocycles. The molecule has 0 spiro atoms. The van der Waals surface area contributed by atoms with Crippen molar-refractivity contribution in [1.29, 1.82) is 0 Å². The lowest BCUT2D eigenvalue weighted by Crippen LogP contribution is -2.30. The molecular weight excluding hydrogens is 288 g/mol. The van der Waals surface area contributed by atoms with Gasteiger partial charge in [-0.2, -0.15) is 0 Å². The van der Waals surface area contributed by atoms with E-state index in [0.29, 0.717) is 0 Å². The predicted molar refractivity (Wildman–Crippen MR) is 93.6 cm³/mol. The smallest absolute Gasteiger partial charge is 0.238 e. The van der Waals surface area contributed by atoms with Gasteiger partial charge in [-0.25, -0.2) is 0 Å².